The summed E-state index contributed by atoms with van der Waals surface area (Å²) in [6.07, 6.45) is 0. The van der Waals surface area contributed by atoms with E-state index in [4.69, 9.17) is 4.52 Å². The summed E-state index contributed by atoms with van der Waals surface area (Å²) in [7, 11) is 0. The highest BCUT2D eigenvalue weighted by atomic mass is 16.5. The second-order valence-electron chi connectivity index (χ2n) is 4.54. The van der Waals surface area contributed by atoms with Gasteiger partial charge in [-0.25, -0.2) is 0 Å². The Bertz CT molecular complexity index is 668. The molecule has 0 saturated carbocycles. The van der Waals surface area contributed by atoms with Gasteiger partial charge in [-0.2, -0.15) is 0 Å². The normalized spacial score (nSPS) is 14.1. The van der Waals surface area contributed by atoms with Gasteiger partial charge in [0.05, 0.1) is 23.5 Å². The molecule has 96 valence electrons. The fraction of sp³-hybridized carbons (Fsp3) is 0.214. The van der Waals surface area contributed by atoms with Crippen LogP contribution in [0.25, 0.3) is 0 Å². The highest BCUT2D eigenvalue weighted by Crippen LogP contribution is 2.30. The number of carbonyl (C=O) groups excluding carboxylic acids is 2. The molecule has 1 aromatic carbocycles. The number of benzene rings is 1. The minimum Gasteiger partial charge on any atom is -0.361 e. The predicted octanol–water partition coefficient (Wildman–Crippen LogP) is 2.02. The zero-order chi connectivity index (χ0) is 13.6. The van der Waals surface area contributed by atoms with E-state index >= 15 is 0 Å². The molecule has 19 heavy (non-hydrogen) atoms. The largest absolute Gasteiger partial charge is 0.361 e. The number of amides is 1. The number of ketones is 1. The third kappa shape index (κ3) is 1.66. The number of carbonyl (C=O) groups is 2. The molecule has 0 N–H and O–H groups in total. The van der Waals surface area contributed by atoms with E-state index < -0.39 is 11.7 Å². The maximum absolute atomic E-state index is 12.0. The highest BCUT2D eigenvalue weighted by Gasteiger charge is 2.36. The fourth-order valence-electron chi connectivity index (χ4n) is 2.29. The van der Waals surface area contributed by atoms with Gasteiger partial charge < -0.3 is 9.42 Å². The molecule has 5 nitrogen and oxygen atoms in total. The molecule has 1 aliphatic heterocycles. The number of hydrogen-bond donors (Lipinski definition) is 0. The zero-order valence-corrected chi connectivity index (χ0v) is 10.6. The number of rotatable bonds is 2. The van der Waals surface area contributed by atoms with Gasteiger partial charge in [0.2, 0.25) is 0 Å². The van der Waals surface area contributed by atoms with Gasteiger partial charge in [-0.15, -0.1) is 0 Å². The molecular weight excluding hydrogens is 244 g/mol. The first-order chi connectivity index (χ1) is 9.09. The molecule has 0 unspecified atom stereocenters. The van der Waals surface area contributed by atoms with E-state index in [0.29, 0.717) is 23.6 Å². The first-order valence-corrected chi connectivity index (χ1v) is 5.96. The van der Waals surface area contributed by atoms with Crippen molar-refractivity contribution in [3.05, 3.63) is 46.8 Å². The number of aryl methyl sites for hydroxylation is 2. The molecule has 0 aliphatic carbocycles. The molecule has 5 heteroatoms. The van der Waals surface area contributed by atoms with Crippen molar-refractivity contribution in [3.8, 4) is 0 Å². The Balaban J connectivity index is 2.03. The average molecular weight is 256 g/mol. The summed E-state index contributed by atoms with van der Waals surface area (Å²) in [5.74, 6) is -0.286. The topological polar surface area (TPSA) is 63.4 Å². The minimum atomic E-state index is -0.499. The fourth-order valence-corrected chi connectivity index (χ4v) is 2.29. The molecule has 1 aliphatic rings. The molecule has 3 rings (SSSR count). The lowest BCUT2D eigenvalue weighted by Gasteiger charge is -2.15. The third-order valence-corrected chi connectivity index (χ3v) is 3.38. The maximum Gasteiger partial charge on any atom is 0.299 e. The van der Waals surface area contributed by atoms with Crippen molar-refractivity contribution >= 4 is 17.4 Å². The van der Waals surface area contributed by atoms with E-state index in [-0.39, 0.29) is 0 Å². The lowest BCUT2D eigenvalue weighted by Crippen LogP contribution is -2.29. The van der Waals surface area contributed by atoms with Gasteiger partial charge in [-0.1, -0.05) is 17.3 Å². The first-order valence-electron chi connectivity index (χ1n) is 5.96. The minimum absolute atomic E-state index is 0.308. The molecule has 1 aromatic heterocycles. The summed E-state index contributed by atoms with van der Waals surface area (Å²) in [5, 5.41) is 3.86. The summed E-state index contributed by atoms with van der Waals surface area (Å²) in [6.45, 7) is 3.92. The Hall–Kier alpha value is -2.43. The van der Waals surface area contributed by atoms with Crippen molar-refractivity contribution in [2.75, 3.05) is 4.90 Å². The van der Waals surface area contributed by atoms with Crippen LogP contribution in [-0.2, 0) is 11.3 Å². The van der Waals surface area contributed by atoms with Crippen molar-refractivity contribution in [1.82, 2.24) is 5.16 Å². The van der Waals surface area contributed by atoms with Gasteiger partial charge in [0.25, 0.3) is 11.7 Å². The summed E-state index contributed by atoms with van der Waals surface area (Å²) in [5.41, 5.74) is 2.69. The molecule has 0 bridgehead atoms. The van der Waals surface area contributed by atoms with Crippen LogP contribution >= 0.6 is 0 Å². The van der Waals surface area contributed by atoms with E-state index in [2.05, 4.69) is 5.16 Å². The monoisotopic (exact) mass is 256 g/mol. The van der Waals surface area contributed by atoms with E-state index in [1.165, 1.54) is 4.90 Å². The van der Waals surface area contributed by atoms with Crippen molar-refractivity contribution in [1.29, 1.82) is 0 Å². The van der Waals surface area contributed by atoms with Crippen LogP contribution in [0.3, 0.4) is 0 Å². The molecule has 2 heterocycles. The van der Waals surface area contributed by atoms with Crippen molar-refractivity contribution < 1.29 is 14.1 Å². The second-order valence-corrected chi connectivity index (χ2v) is 4.54. The van der Waals surface area contributed by atoms with Crippen molar-refractivity contribution in [2.45, 2.75) is 20.4 Å². The Labute approximate surface area is 109 Å². The zero-order valence-electron chi connectivity index (χ0n) is 10.6. The van der Waals surface area contributed by atoms with Crippen LogP contribution in [-0.4, -0.2) is 16.8 Å². The van der Waals surface area contributed by atoms with Gasteiger partial charge >= 0.3 is 0 Å². The molecule has 0 atom stereocenters. The number of fused-ring (bicyclic) bond motifs is 1. The molecule has 0 saturated heterocycles. The van der Waals surface area contributed by atoms with Crippen molar-refractivity contribution in [2.24, 2.45) is 0 Å². The van der Waals surface area contributed by atoms with E-state index in [9.17, 15) is 9.59 Å². The smallest absolute Gasteiger partial charge is 0.299 e. The van der Waals surface area contributed by atoms with Gasteiger partial charge in [-0.05, 0) is 26.0 Å². The van der Waals surface area contributed by atoms with Crippen LogP contribution in [0, 0.1) is 13.8 Å². The summed E-state index contributed by atoms with van der Waals surface area (Å²) in [6, 6.07) is 7.01. The number of aromatic nitrogens is 1. The van der Waals surface area contributed by atoms with Gasteiger partial charge in [0.1, 0.15) is 5.76 Å². The molecular formula is C14H12N2O3. The number of para-hydroxylation sites is 1. The second kappa shape index (κ2) is 4.05. The molecule has 0 fully saturated rings. The van der Waals surface area contributed by atoms with Crippen LogP contribution < -0.4 is 4.90 Å². The average Bonchev–Trinajstić information content (AvgIpc) is 2.85. The quantitative estimate of drug-likeness (QED) is 0.771. The Morgan fingerprint density at radius 3 is 2.63 bits per heavy atom. The molecule has 2 aromatic rings. The third-order valence-electron chi connectivity index (χ3n) is 3.38. The van der Waals surface area contributed by atoms with Gasteiger partial charge in [0.15, 0.2) is 0 Å². The van der Waals surface area contributed by atoms with Gasteiger partial charge in [-0.3, -0.25) is 9.59 Å². The Morgan fingerprint density at radius 1 is 1.21 bits per heavy atom. The maximum atomic E-state index is 12.0. The van der Waals surface area contributed by atoms with Crippen LogP contribution in [0.1, 0.15) is 27.4 Å². The van der Waals surface area contributed by atoms with Crippen LogP contribution in [0.15, 0.2) is 28.8 Å². The number of anilines is 1. The number of hydrogen-bond acceptors (Lipinski definition) is 4. The van der Waals surface area contributed by atoms with Crippen molar-refractivity contribution in [3.63, 3.8) is 0 Å². The lowest BCUT2D eigenvalue weighted by molar-refractivity contribution is -0.114. The molecule has 1 amide bonds. The summed E-state index contributed by atoms with van der Waals surface area (Å²) < 4.78 is 5.08. The summed E-state index contributed by atoms with van der Waals surface area (Å²) in [4.78, 5) is 25.4. The highest BCUT2D eigenvalue weighted by molar-refractivity contribution is 6.52. The summed E-state index contributed by atoms with van der Waals surface area (Å²) >= 11 is 0. The molecule has 0 spiro atoms. The lowest BCUT2D eigenvalue weighted by atomic mass is 10.1. The van der Waals surface area contributed by atoms with E-state index in [0.717, 1.165) is 11.3 Å². The van der Waals surface area contributed by atoms with E-state index in [1.54, 1.807) is 25.1 Å². The Kier molecular flexibility index (Phi) is 2.48. The van der Waals surface area contributed by atoms with Crippen LogP contribution in [0.5, 0.6) is 0 Å². The number of Topliss-reactive ketones (excluding diaryl/α,β-unsaturated/α-hetero) is 1. The standard InChI is InChI=1S/C14H12N2O3/c1-8-11(9(2)19-15-8)7-16-12-6-4-3-5-10(12)13(17)14(16)18/h3-6H,7H2,1-2H3. The van der Waals surface area contributed by atoms with Crippen LogP contribution in [0.2, 0.25) is 0 Å². The number of nitrogens with zero attached hydrogens (tertiary/aromatic N) is 2. The SMILES string of the molecule is Cc1noc(C)c1CN1C(=O)C(=O)c2ccccc21. The van der Waals surface area contributed by atoms with Crippen LogP contribution in [0.4, 0.5) is 5.69 Å². The van der Waals surface area contributed by atoms with Gasteiger partial charge in [0, 0.05) is 5.56 Å². The predicted molar refractivity (Wildman–Crippen MR) is 67.9 cm³/mol. The first kappa shape index (κ1) is 11.6. The Morgan fingerprint density at radius 2 is 1.95 bits per heavy atom. The van der Waals surface area contributed by atoms with E-state index in [1.807, 2.05) is 13.0 Å². The molecule has 0 radical (unpaired) electrons.